The number of piperidine rings is 1. The van der Waals surface area contributed by atoms with Gasteiger partial charge in [0.25, 0.3) is 17.5 Å². The first-order valence-electron chi connectivity index (χ1n) is 10.6. The van der Waals surface area contributed by atoms with Gasteiger partial charge >= 0.3 is 0 Å². The number of alkyl halides is 2. The van der Waals surface area contributed by atoms with Gasteiger partial charge in [-0.2, -0.15) is 0 Å². The van der Waals surface area contributed by atoms with Gasteiger partial charge in [0, 0.05) is 61.4 Å². The number of anilines is 1. The summed E-state index contributed by atoms with van der Waals surface area (Å²) in [6.45, 7) is 0.475. The highest BCUT2D eigenvalue weighted by Crippen LogP contribution is 2.37. The highest BCUT2D eigenvalue weighted by atomic mass is 79.9. The van der Waals surface area contributed by atoms with Gasteiger partial charge in [-0.15, -0.1) is 0 Å². The molecule has 1 atom stereocenters. The van der Waals surface area contributed by atoms with Gasteiger partial charge in [-0.3, -0.25) is 24.8 Å². The molecule has 0 saturated carbocycles. The predicted octanol–water partition coefficient (Wildman–Crippen LogP) is 4.59. The van der Waals surface area contributed by atoms with Gasteiger partial charge in [-0.25, -0.2) is 8.78 Å². The minimum absolute atomic E-state index is 0.0728. The molecule has 4 rings (SSSR count). The van der Waals surface area contributed by atoms with Crippen LogP contribution in [-0.4, -0.2) is 52.8 Å². The molecule has 2 aromatic carbocycles. The number of nitro groups is 1. The molecule has 3 aromatic rings. The second-order valence-electron chi connectivity index (χ2n) is 8.15. The summed E-state index contributed by atoms with van der Waals surface area (Å²) in [5.74, 6) is -3.75. The number of hydrogen-bond donors (Lipinski definition) is 2. The molecule has 1 aromatic heterocycles. The first-order valence-corrected chi connectivity index (χ1v) is 11.4. The highest BCUT2D eigenvalue weighted by molar-refractivity contribution is 9.10. The van der Waals surface area contributed by atoms with E-state index in [0.717, 1.165) is 16.3 Å². The summed E-state index contributed by atoms with van der Waals surface area (Å²) in [7, 11) is 1.37. The summed E-state index contributed by atoms with van der Waals surface area (Å²) in [6.07, 6.45) is 3.05. The first kappa shape index (κ1) is 24.0. The fourth-order valence-corrected chi connectivity index (χ4v) is 4.63. The number of halogens is 3. The van der Waals surface area contributed by atoms with Crippen LogP contribution in [0.2, 0.25) is 0 Å². The maximum absolute atomic E-state index is 15.0. The molecule has 11 heteroatoms. The van der Waals surface area contributed by atoms with Crippen molar-refractivity contribution in [3.05, 3.63) is 74.5 Å². The number of pyridine rings is 1. The average molecular weight is 534 g/mol. The molecule has 1 amide bonds. The lowest BCUT2D eigenvalue weighted by atomic mass is 9.98. The van der Waals surface area contributed by atoms with Crippen LogP contribution in [0.5, 0.6) is 0 Å². The van der Waals surface area contributed by atoms with E-state index in [9.17, 15) is 23.7 Å². The molecule has 2 heterocycles. The fraction of sp³-hybridized carbons (Fsp3) is 0.304. The quantitative estimate of drug-likeness (QED) is 0.355. The van der Waals surface area contributed by atoms with Crippen LogP contribution in [0.4, 0.5) is 20.2 Å². The third-order valence-electron chi connectivity index (χ3n) is 5.93. The molecular weight excluding hydrogens is 512 g/mol. The van der Waals surface area contributed by atoms with Crippen LogP contribution >= 0.6 is 15.9 Å². The van der Waals surface area contributed by atoms with Crippen molar-refractivity contribution >= 4 is 44.0 Å². The molecule has 0 radical (unpaired) electrons. The molecule has 1 saturated heterocycles. The molecule has 34 heavy (non-hydrogen) atoms. The number of nitrogens with one attached hydrogen (secondary N) is 2. The van der Waals surface area contributed by atoms with E-state index in [2.05, 4.69) is 31.5 Å². The van der Waals surface area contributed by atoms with E-state index >= 15 is 0 Å². The summed E-state index contributed by atoms with van der Waals surface area (Å²) in [5, 5.41) is 18.7. The molecule has 0 spiro atoms. The number of likely N-dealkylation sites (tertiary alicyclic amines) is 1. The zero-order chi connectivity index (χ0) is 24.5. The largest absolute Gasteiger partial charge is 0.369 e. The van der Waals surface area contributed by atoms with E-state index < -0.39 is 34.9 Å². The minimum Gasteiger partial charge on any atom is -0.369 e. The Hall–Kier alpha value is -3.18. The van der Waals surface area contributed by atoms with E-state index in [1.807, 2.05) is 29.2 Å². The number of fused-ring (bicyclic) bond motifs is 1. The van der Waals surface area contributed by atoms with Crippen molar-refractivity contribution in [1.29, 1.82) is 0 Å². The smallest absolute Gasteiger partial charge is 0.294 e. The van der Waals surface area contributed by atoms with E-state index in [1.54, 1.807) is 12.4 Å². The van der Waals surface area contributed by atoms with Gasteiger partial charge in [0.05, 0.1) is 10.5 Å². The maximum atomic E-state index is 15.0. The fourth-order valence-electron chi connectivity index (χ4n) is 4.18. The molecule has 178 valence electrons. The highest BCUT2D eigenvalue weighted by Gasteiger charge is 2.45. The molecular formula is C23H22BrF2N5O3. The molecule has 1 aliphatic heterocycles. The lowest BCUT2D eigenvalue weighted by Crippen LogP contribution is -2.54. The first-order chi connectivity index (χ1) is 16.2. The number of hydrogen-bond acceptors (Lipinski definition) is 6. The van der Waals surface area contributed by atoms with Crippen molar-refractivity contribution < 1.29 is 18.5 Å². The second kappa shape index (κ2) is 9.59. The van der Waals surface area contributed by atoms with Crippen molar-refractivity contribution in [2.45, 2.75) is 24.9 Å². The third-order valence-corrected chi connectivity index (χ3v) is 6.38. The zero-order valence-electron chi connectivity index (χ0n) is 18.2. The van der Waals surface area contributed by atoms with Gasteiger partial charge in [0.15, 0.2) is 0 Å². The van der Waals surface area contributed by atoms with Gasteiger partial charge in [-0.1, -0.05) is 40.2 Å². The Balaban J connectivity index is 1.65. The standard InChI is InChI=1S/C23H22BrF2N5O3/c1-27-22(32)18-8-16(24)9-19(31(33)34)21(18)29-20-13-30(7-6-23(20,25)26)12-15-11-28-10-14-4-2-3-5-17(14)15/h2-5,8-11,20,29H,6-7,12-13H2,1H3,(H,27,32)/t20-/m0/s1. The van der Waals surface area contributed by atoms with Crippen LogP contribution in [0.15, 0.2) is 53.3 Å². The predicted molar refractivity (Wildman–Crippen MR) is 128 cm³/mol. The molecule has 0 unspecified atom stereocenters. The molecule has 1 fully saturated rings. The molecule has 1 aliphatic rings. The Morgan fingerprint density at radius 3 is 2.82 bits per heavy atom. The van der Waals surface area contributed by atoms with E-state index in [4.69, 9.17) is 0 Å². The third kappa shape index (κ3) is 4.85. The molecule has 0 bridgehead atoms. The van der Waals surface area contributed by atoms with Crippen molar-refractivity contribution in [2.24, 2.45) is 0 Å². The Bertz CT molecular complexity index is 1250. The van der Waals surface area contributed by atoms with Crippen LogP contribution in [0.1, 0.15) is 22.3 Å². The summed E-state index contributed by atoms with van der Waals surface area (Å²) in [4.78, 5) is 29.5. The topological polar surface area (TPSA) is 100 Å². The Morgan fingerprint density at radius 1 is 1.32 bits per heavy atom. The lowest BCUT2D eigenvalue weighted by Gasteiger charge is -2.39. The van der Waals surface area contributed by atoms with Crippen molar-refractivity contribution in [3.8, 4) is 0 Å². The van der Waals surface area contributed by atoms with E-state index in [0.29, 0.717) is 11.0 Å². The van der Waals surface area contributed by atoms with Crippen LogP contribution in [0.3, 0.4) is 0 Å². The Kier molecular flexibility index (Phi) is 6.76. The van der Waals surface area contributed by atoms with Gasteiger partial charge in [0.1, 0.15) is 11.7 Å². The molecule has 2 N–H and O–H groups in total. The van der Waals surface area contributed by atoms with Gasteiger partial charge in [0.2, 0.25) is 0 Å². The van der Waals surface area contributed by atoms with Crippen LogP contribution in [0.25, 0.3) is 10.8 Å². The number of carbonyl (C=O) groups excluding carboxylic acids is 1. The monoisotopic (exact) mass is 533 g/mol. The van der Waals surface area contributed by atoms with Crippen LogP contribution in [0, 0.1) is 10.1 Å². The summed E-state index contributed by atoms with van der Waals surface area (Å²) in [6, 6.07) is 8.84. The summed E-state index contributed by atoms with van der Waals surface area (Å²) >= 11 is 3.15. The number of carbonyl (C=O) groups is 1. The number of amides is 1. The van der Waals surface area contributed by atoms with E-state index in [1.165, 1.54) is 19.2 Å². The zero-order valence-corrected chi connectivity index (χ0v) is 19.8. The number of rotatable bonds is 6. The number of aromatic nitrogens is 1. The second-order valence-corrected chi connectivity index (χ2v) is 9.06. The Labute approximate surface area is 202 Å². The summed E-state index contributed by atoms with van der Waals surface area (Å²) in [5.41, 5.74) is 0.127. The van der Waals surface area contributed by atoms with Crippen molar-refractivity contribution in [1.82, 2.24) is 15.2 Å². The minimum atomic E-state index is -3.13. The van der Waals surface area contributed by atoms with Gasteiger partial charge in [-0.05, 0) is 17.0 Å². The molecule has 8 nitrogen and oxygen atoms in total. The number of nitrogens with zero attached hydrogens (tertiary/aromatic N) is 3. The number of nitro benzene ring substituents is 1. The van der Waals surface area contributed by atoms with Crippen LogP contribution < -0.4 is 10.6 Å². The van der Waals surface area contributed by atoms with Crippen molar-refractivity contribution in [2.75, 3.05) is 25.5 Å². The maximum Gasteiger partial charge on any atom is 0.294 e. The van der Waals surface area contributed by atoms with E-state index in [-0.39, 0.29) is 24.3 Å². The molecule has 0 aliphatic carbocycles. The Morgan fingerprint density at radius 2 is 2.09 bits per heavy atom. The number of benzene rings is 2. The SMILES string of the molecule is CNC(=O)c1cc(Br)cc([N+](=O)[O-])c1N[C@H]1CN(Cc2cncc3ccccc23)CCC1(F)F. The van der Waals surface area contributed by atoms with Gasteiger partial charge < -0.3 is 10.6 Å². The lowest BCUT2D eigenvalue weighted by molar-refractivity contribution is -0.384. The van der Waals surface area contributed by atoms with Crippen molar-refractivity contribution in [3.63, 3.8) is 0 Å². The normalized spacial score (nSPS) is 17.9. The summed E-state index contributed by atoms with van der Waals surface area (Å²) < 4.78 is 30.2. The van der Waals surface area contributed by atoms with Crippen LogP contribution in [-0.2, 0) is 6.54 Å². The average Bonchev–Trinajstić information content (AvgIpc) is 2.81.